The molecule has 1 aromatic rings. The molecule has 1 aromatic heterocycles. The van der Waals surface area contributed by atoms with E-state index in [2.05, 4.69) is 13.9 Å². The number of aromatic nitrogens is 2. The molecule has 7 heteroatoms. The van der Waals surface area contributed by atoms with E-state index in [9.17, 15) is 4.79 Å². The Bertz CT molecular complexity index is 281. The van der Waals surface area contributed by atoms with E-state index >= 15 is 0 Å². The first kappa shape index (κ1) is 7.61. The Balaban J connectivity index is 2.99. The minimum absolute atomic E-state index is 0.0602. The second kappa shape index (κ2) is 3.06. The summed E-state index contributed by atoms with van der Waals surface area (Å²) in [6.07, 6.45) is 1.22. The van der Waals surface area contributed by atoms with E-state index in [-0.39, 0.29) is 5.69 Å². The molecule has 1 rings (SSSR count). The molecule has 0 amide bonds. The van der Waals surface area contributed by atoms with Crippen LogP contribution < -0.4 is 0 Å². The lowest BCUT2D eigenvalue weighted by molar-refractivity contribution is -0.129. The molecule has 0 saturated heterocycles. The van der Waals surface area contributed by atoms with Crippen LogP contribution >= 0.6 is 11.7 Å². The number of carboxylic acids is 1. The standard InChI is InChI=1S/C4H3N3O3S/c8-4(9)3(6-10)2-1-5-11-7-2/h1,10H,(H,8,9). The third-order valence-electron chi connectivity index (χ3n) is 0.906. The van der Waals surface area contributed by atoms with Crippen molar-refractivity contribution in [2.45, 2.75) is 0 Å². The number of rotatable bonds is 2. The Labute approximate surface area is 65.1 Å². The van der Waals surface area contributed by atoms with E-state index in [1.165, 1.54) is 6.20 Å². The average molecular weight is 173 g/mol. The van der Waals surface area contributed by atoms with E-state index in [0.29, 0.717) is 0 Å². The summed E-state index contributed by atoms with van der Waals surface area (Å²) in [5.41, 5.74) is -0.441. The first-order valence-corrected chi connectivity index (χ1v) is 3.22. The molecule has 0 aliphatic carbocycles. The van der Waals surface area contributed by atoms with Crippen LogP contribution in [0.5, 0.6) is 0 Å². The normalized spacial score (nSPS) is 11.5. The lowest BCUT2D eigenvalue weighted by Crippen LogP contribution is -2.14. The summed E-state index contributed by atoms with van der Waals surface area (Å²) in [5.74, 6) is -1.33. The molecular weight excluding hydrogens is 170 g/mol. The molecule has 0 saturated carbocycles. The number of nitrogens with zero attached hydrogens (tertiary/aromatic N) is 3. The second-order valence-electron chi connectivity index (χ2n) is 1.55. The van der Waals surface area contributed by atoms with Crippen molar-refractivity contribution in [2.24, 2.45) is 5.16 Å². The van der Waals surface area contributed by atoms with Crippen molar-refractivity contribution >= 4 is 23.4 Å². The van der Waals surface area contributed by atoms with E-state index in [4.69, 9.17) is 10.3 Å². The van der Waals surface area contributed by atoms with Crippen LogP contribution in [0.4, 0.5) is 0 Å². The van der Waals surface area contributed by atoms with Crippen LogP contribution in [0.1, 0.15) is 5.69 Å². The van der Waals surface area contributed by atoms with E-state index in [1.807, 2.05) is 0 Å². The molecule has 11 heavy (non-hydrogen) atoms. The van der Waals surface area contributed by atoms with Crippen molar-refractivity contribution in [3.63, 3.8) is 0 Å². The predicted octanol–water partition coefficient (Wildman–Crippen LogP) is -0.199. The van der Waals surface area contributed by atoms with Crippen LogP contribution in [0.2, 0.25) is 0 Å². The van der Waals surface area contributed by atoms with Gasteiger partial charge in [0.2, 0.25) is 5.71 Å². The van der Waals surface area contributed by atoms with Gasteiger partial charge in [-0.25, -0.2) is 4.79 Å². The molecule has 0 unspecified atom stereocenters. The van der Waals surface area contributed by atoms with Crippen molar-refractivity contribution in [1.29, 1.82) is 0 Å². The first-order chi connectivity index (χ1) is 5.25. The van der Waals surface area contributed by atoms with Crippen LogP contribution in [-0.4, -0.2) is 30.7 Å². The van der Waals surface area contributed by atoms with Crippen LogP contribution in [-0.2, 0) is 4.79 Å². The topological polar surface area (TPSA) is 95.7 Å². The predicted molar refractivity (Wildman–Crippen MR) is 35.9 cm³/mol. The van der Waals surface area contributed by atoms with Gasteiger partial charge in [-0.05, 0) is 0 Å². The lowest BCUT2D eigenvalue weighted by Gasteiger charge is -1.89. The summed E-state index contributed by atoms with van der Waals surface area (Å²) in [5, 5.41) is 19.2. The highest BCUT2D eigenvalue weighted by atomic mass is 32.1. The molecule has 0 aromatic carbocycles. The van der Waals surface area contributed by atoms with Gasteiger partial charge < -0.3 is 10.3 Å². The Morgan fingerprint density at radius 3 is 2.82 bits per heavy atom. The van der Waals surface area contributed by atoms with Gasteiger partial charge in [0.15, 0.2) is 0 Å². The number of oxime groups is 1. The summed E-state index contributed by atoms with van der Waals surface area (Å²) < 4.78 is 7.12. The molecule has 0 aliphatic heterocycles. The summed E-state index contributed by atoms with van der Waals surface area (Å²) in [4.78, 5) is 10.3. The van der Waals surface area contributed by atoms with E-state index in [0.717, 1.165) is 11.7 Å². The van der Waals surface area contributed by atoms with Crippen molar-refractivity contribution in [2.75, 3.05) is 0 Å². The second-order valence-corrected chi connectivity index (χ2v) is 2.10. The zero-order valence-corrected chi connectivity index (χ0v) is 5.95. The van der Waals surface area contributed by atoms with Gasteiger partial charge in [-0.2, -0.15) is 8.75 Å². The number of carboxylic acid groups (broad SMARTS) is 1. The average Bonchev–Trinajstić information content (AvgIpc) is 2.40. The van der Waals surface area contributed by atoms with Crippen molar-refractivity contribution in [3.05, 3.63) is 11.9 Å². The van der Waals surface area contributed by atoms with Gasteiger partial charge >= 0.3 is 5.97 Å². The molecule has 1 heterocycles. The van der Waals surface area contributed by atoms with E-state index < -0.39 is 11.7 Å². The van der Waals surface area contributed by atoms with Gasteiger partial charge in [0.05, 0.1) is 17.9 Å². The van der Waals surface area contributed by atoms with Crippen molar-refractivity contribution < 1.29 is 15.1 Å². The number of hydrogen-bond donors (Lipinski definition) is 2. The van der Waals surface area contributed by atoms with Crippen LogP contribution in [0.25, 0.3) is 0 Å². The Kier molecular flexibility index (Phi) is 2.12. The number of carbonyl (C=O) groups is 1. The molecule has 0 aliphatic rings. The van der Waals surface area contributed by atoms with Gasteiger partial charge in [0.1, 0.15) is 5.69 Å². The van der Waals surface area contributed by atoms with E-state index in [1.54, 1.807) is 0 Å². The maximum Gasteiger partial charge on any atom is 0.360 e. The minimum atomic E-state index is -1.33. The summed E-state index contributed by atoms with van der Waals surface area (Å²) in [6.45, 7) is 0. The Morgan fingerprint density at radius 1 is 1.73 bits per heavy atom. The first-order valence-electron chi connectivity index (χ1n) is 2.49. The monoisotopic (exact) mass is 173 g/mol. The molecule has 0 spiro atoms. The number of hydrogen-bond acceptors (Lipinski definition) is 6. The third-order valence-corrected chi connectivity index (χ3v) is 1.38. The lowest BCUT2D eigenvalue weighted by atomic mass is 10.3. The zero-order valence-electron chi connectivity index (χ0n) is 5.13. The third kappa shape index (κ3) is 1.49. The SMILES string of the molecule is O=C(O)C(=NO)c1cnsn1. The molecular formula is C4H3N3O3S. The highest BCUT2D eigenvalue weighted by Crippen LogP contribution is 1.97. The summed E-state index contributed by atoms with van der Waals surface area (Å²) in [7, 11) is 0. The van der Waals surface area contributed by atoms with Crippen molar-refractivity contribution in [3.8, 4) is 0 Å². The Hall–Kier alpha value is -1.50. The van der Waals surface area contributed by atoms with Gasteiger partial charge in [0, 0.05) is 0 Å². The smallest absolute Gasteiger partial charge is 0.360 e. The number of aliphatic carboxylic acids is 1. The molecule has 0 fully saturated rings. The minimum Gasteiger partial charge on any atom is -0.476 e. The maximum absolute atomic E-state index is 10.3. The Morgan fingerprint density at radius 2 is 2.45 bits per heavy atom. The fourth-order valence-corrected chi connectivity index (χ4v) is 0.888. The summed E-state index contributed by atoms with van der Waals surface area (Å²) >= 11 is 0.845. The molecule has 0 radical (unpaired) electrons. The molecule has 2 N–H and O–H groups in total. The fourth-order valence-electron chi connectivity index (χ4n) is 0.473. The van der Waals surface area contributed by atoms with Gasteiger partial charge in [-0.3, -0.25) is 0 Å². The summed E-state index contributed by atoms with van der Waals surface area (Å²) in [6, 6.07) is 0. The quantitative estimate of drug-likeness (QED) is 0.367. The highest BCUT2D eigenvalue weighted by molar-refractivity contribution is 6.99. The van der Waals surface area contributed by atoms with Gasteiger partial charge in [0.25, 0.3) is 0 Å². The van der Waals surface area contributed by atoms with Crippen LogP contribution in [0, 0.1) is 0 Å². The molecule has 6 nitrogen and oxygen atoms in total. The van der Waals surface area contributed by atoms with Gasteiger partial charge in [-0.1, -0.05) is 5.16 Å². The van der Waals surface area contributed by atoms with Gasteiger partial charge in [-0.15, -0.1) is 0 Å². The van der Waals surface area contributed by atoms with Crippen molar-refractivity contribution in [1.82, 2.24) is 8.75 Å². The zero-order chi connectivity index (χ0) is 8.27. The molecule has 0 bridgehead atoms. The van der Waals surface area contributed by atoms with Crippen LogP contribution in [0.15, 0.2) is 11.4 Å². The molecule has 0 atom stereocenters. The largest absolute Gasteiger partial charge is 0.476 e. The molecule has 58 valence electrons. The maximum atomic E-state index is 10.3. The highest BCUT2D eigenvalue weighted by Gasteiger charge is 2.15. The fraction of sp³-hybridized carbons (Fsp3) is 0. The van der Waals surface area contributed by atoms with Crippen LogP contribution in [0.3, 0.4) is 0 Å².